The predicted octanol–water partition coefficient (Wildman–Crippen LogP) is 2.58. The molecule has 24 heavy (non-hydrogen) atoms. The third-order valence-corrected chi connectivity index (χ3v) is 4.65. The van der Waals surface area contributed by atoms with Crippen LogP contribution in [0.2, 0.25) is 0 Å². The van der Waals surface area contributed by atoms with Crippen LogP contribution >= 0.6 is 11.8 Å². The van der Waals surface area contributed by atoms with Crippen molar-refractivity contribution >= 4 is 23.4 Å². The van der Waals surface area contributed by atoms with Gasteiger partial charge in [-0.15, -0.1) is 0 Å². The van der Waals surface area contributed by atoms with Crippen molar-refractivity contribution in [2.24, 2.45) is 0 Å². The number of aliphatic hydroxyl groups excluding tert-OH is 1. The van der Waals surface area contributed by atoms with Crippen molar-refractivity contribution in [1.82, 2.24) is 19.4 Å². The van der Waals surface area contributed by atoms with Gasteiger partial charge in [0.15, 0.2) is 0 Å². The summed E-state index contributed by atoms with van der Waals surface area (Å²) in [6.07, 6.45) is 3.66. The van der Waals surface area contributed by atoms with E-state index >= 15 is 0 Å². The van der Waals surface area contributed by atoms with E-state index in [9.17, 15) is 0 Å². The fourth-order valence-electron chi connectivity index (χ4n) is 2.62. The maximum Gasteiger partial charge on any atom is 0.234 e. The van der Waals surface area contributed by atoms with Gasteiger partial charge in [0.05, 0.1) is 25.0 Å². The van der Waals surface area contributed by atoms with Crippen molar-refractivity contribution in [3.8, 4) is 0 Å². The quantitative estimate of drug-likeness (QED) is 0.642. The standard InChI is InChI=1S/C17H21N5OS/c1-12-7-13(2)22-15(10-20-17(22)21-12)9-19-16-8-14(3-4-18-16)11-24-6-5-23/h3-4,7-8,10,23H,5-6,9,11H2,1-2H3,(H,18,19). The van der Waals surface area contributed by atoms with Crippen molar-refractivity contribution in [3.63, 3.8) is 0 Å². The monoisotopic (exact) mass is 343 g/mol. The number of hydrogen-bond acceptors (Lipinski definition) is 6. The van der Waals surface area contributed by atoms with Crippen molar-refractivity contribution in [2.45, 2.75) is 26.1 Å². The van der Waals surface area contributed by atoms with Gasteiger partial charge in [0.25, 0.3) is 0 Å². The summed E-state index contributed by atoms with van der Waals surface area (Å²) in [7, 11) is 0. The minimum Gasteiger partial charge on any atom is -0.396 e. The minimum atomic E-state index is 0.210. The molecule has 3 heterocycles. The molecule has 0 fully saturated rings. The molecule has 0 radical (unpaired) electrons. The zero-order chi connectivity index (χ0) is 16.9. The second-order valence-corrected chi connectivity index (χ2v) is 6.71. The zero-order valence-electron chi connectivity index (χ0n) is 13.9. The molecule has 0 aliphatic carbocycles. The number of nitrogens with one attached hydrogen (secondary N) is 1. The Hall–Kier alpha value is -2.12. The molecule has 3 aromatic rings. The number of hydrogen-bond donors (Lipinski definition) is 2. The van der Waals surface area contributed by atoms with E-state index in [0.717, 1.165) is 40.2 Å². The van der Waals surface area contributed by atoms with Gasteiger partial charge < -0.3 is 10.4 Å². The highest BCUT2D eigenvalue weighted by Gasteiger charge is 2.08. The number of fused-ring (bicyclic) bond motifs is 1. The summed E-state index contributed by atoms with van der Waals surface area (Å²) in [4.78, 5) is 13.2. The van der Waals surface area contributed by atoms with Crippen LogP contribution in [-0.2, 0) is 12.3 Å². The maximum atomic E-state index is 8.86. The van der Waals surface area contributed by atoms with Crippen LogP contribution < -0.4 is 5.32 Å². The van der Waals surface area contributed by atoms with Crippen molar-refractivity contribution in [1.29, 1.82) is 0 Å². The van der Waals surface area contributed by atoms with Crippen LogP contribution in [0.25, 0.3) is 5.78 Å². The molecule has 2 N–H and O–H groups in total. The lowest BCUT2D eigenvalue weighted by atomic mass is 10.3. The van der Waals surface area contributed by atoms with Gasteiger partial charge in [0.2, 0.25) is 5.78 Å². The molecule has 0 amide bonds. The number of imidazole rings is 1. The third kappa shape index (κ3) is 3.85. The molecule has 0 unspecified atom stereocenters. The first-order valence-electron chi connectivity index (χ1n) is 7.85. The number of aryl methyl sites for hydroxylation is 2. The van der Waals surface area contributed by atoms with E-state index in [0.29, 0.717) is 6.54 Å². The van der Waals surface area contributed by atoms with Crippen LogP contribution in [0.15, 0.2) is 30.6 Å². The summed E-state index contributed by atoms with van der Waals surface area (Å²) < 4.78 is 2.06. The molecule has 3 rings (SSSR count). The molecule has 0 aliphatic heterocycles. The number of thioether (sulfide) groups is 1. The van der Waals surface area contributed by atoms with Crippen LogP contribution in [0.3, 0.4) is 0 Å². The number of aliphatic hydroxyl groups is 1. The molecule has 0 atom stereocenters. The largest absolute Gasteiger partial charge is 0.396 e. The van der Waals surface area contributed by atoms with Gasteiger partial charge in [0.1, 0.15) is 5.82 Å². The average molecular weight is 343 g/mol. The molecule has 7 heteroatoms. The van der Waals surface area contributed by atoms with Gasteiger partial charge in [-0.05, 0) is 37.6 Å². The number of anilines is 1. The third-order valence-electron chi connectivity index (χ3n) is 3.64. The number of nitrogens with zero attached hydrogens (tertiary/aromatic N) is 4. The molecule has 0 spiro atoms. The van der Waals surface area contributed by atoms with Gasteiger partial charge in [-0.1, -0.05) is 0 Å². The van der Waals surface area contributed by atoms with E-state index in [-0.39, 0.29) is 6.61 Å². The first kappa shape index (κ1) is 16.7. The Labute approximate surface area is 145 Å². The number of rotatable bonds is 7. The van der Waals surface area contributed by atoms with Crippen molar-refractivity contribution in [2.75, 3.05) is 17.7 Å². The van der Waals surface area contributed by atoms with Gasteiger partial charge in [-0.3, -0.25) is 4.40 Å². The molecular formula is C17H21N5OS. The summed E-state index contributed by atoms with van der Waals surface area (Å²) in [5.74, 6) is 3.19. The van der Waals surface area contributed by atoms with Crippen LogP contribution in [-0.4, -0.2) is 36.8 Å². The number of aromatic nitrogens is 4. The van der Waals surface area contributed by atoms with E-state index in [1.807, 2.05) is 31.5 Å². The Bertz CT molecular complexity index is 833. The second-order valence-electron chi connectivity index (χ2n) is 5.60. The fourth-order valence-corrected chi connectivity index (χ4v) is 3.31. The van der Waals surface area contributed by atoms with Crippen molar-refractivity contribution < 1.29 is 5.11 Å². The highest BCUT2D eigenvalue weighted by molar-refractivity contribution is 7.98. The second kappa shape index (κ2) is 7.63. The Morgan fingerprint density at radius 1 is 1.25 bits per heavy atom. The van der Waals surface area contributed by atoms with E-state index in [2.05, 4.69) is 37.7 Å². The zero-order valence-corrected chi connectivity index (χ0v) is 14.7. The van der Waals surface area contributed by atoms with Crippen LogP contribution in [0.4, 0.5) is 5.82 Å². The normalized spacial score (nSPS) is 11.1. The summed E-state index contributed by atoms with van der Waals surface area (Å²) in [6.45, 7) is 4.88. The Kier molecular flexibility index (Phi) is 5.32. The minimum absolute atomic E-state index is 0.210. The molecule has 0 saturated heterocycles. The summed E-state index contributed by atoms with van der Waals surface area (Å²) >= 11 is 1.71. The summed E-state index contributed by atoms with van der Waals surface area (Å²) in [6, 6.07) is 6.10. The van der Waals surface area contributed by atoms with E-state index in [1.54, 1.807) is 11.8 Å². The topological polar surface area (TPSA) is 75.3 Å². The highest BCUT2D eigenvalue weighted by Crippen LogP contribution is 2.16. The van der Waals surface area contributed by atoms with Gasteiger partial charge >= 0.3 is 0 Å². The van der Waals surface area contributed by atoms with Gasteiger partial charge in [-0.25, -0.2) is 15.0 Å². The van der Waals surface area contributed by atoms with E-state index in [1.165, 1.54) is 5.56 Å². The summed E-state index contributed by atoms with van der Waals surface area (Å²) in [5.41, 5.74) is 4.34. The molecule has 126 valence electrons. The Balaban J connectivity index is 1.71. The fraction of sp³-hybridized carbons (Fsp3) is 0.353. The lowest BCUT2D eigenvalue weighted by Crippen LogP contribution is -2.06. The Morgan fingerprint density at radius 2 is 2.12 bits per heavy atom. The first-order valence-corrected chi connectivity index (χ1v) is 9.01. The van der Waals surface area contributed by atoms with Crippen LogP contribution in [0, 0.1) is 13.8 Å². The Morgan fingerprint density at radius 3 is 2.96 bits per heavy atom. The van der Waals surface area contributed by atoms with E-state index in [4.69, 9.17) is 5.11 Å². The number of pyridine rings is 1. The maximum absolute atomic E-state index is 8.86. The first-order chi connectivity index (χ1) is 11.7. The van der Waals surface area contributed by atoms with E-state index < -0.39 is 0 Å². The van der Waals surface area contributed by atoms with Crippen molar-refractivity contribution in [3.05, 3.63) is 53.2 Å². The molecule has 0 bridgehead atoms. The average Bonchev–Trinajstić information content (AvgIpc) is 2.97. The molecule has 0 aliphatic rings. The van der Waals surface area contributed by atoms with Crippen LogP contribution in [0.1, 0.15) is 22.6 Å². The highest BCUT2D eigenvalue weighted by atomic mass is 32.2. The van der Waals surface area contributed by atoms with Gasteiger partial charge in [0, 0.05) is 29.1 Å². The lowest BCUT2D eigenvalue weighted by Gasteiger charge is -2.09. The molecule has 3 aromatic heterocycles. The molecular weight excluding hydrogens is 322 g/mol. The predicted molar refractivity (Wildman–Crippen MR) is 97.3 cm³/mol. The summed E-state index contributed by atoms with van der Waals surface area (Å²) in [5, 5.41) is 12.2. The molecule has 0 aromatic carbocycles. The molecule has 0 saturated carbocycles. The smallest absolute Gasteiger partial charge is 0.234 e. The lowest BCUT2D eigenvalue weighted by molar-refractivity contribution is 0.322. The SMILES string of the molecule is Cc1cc(C)n2c(CNc3cc(CSCCO)ccn3)cnc2n1. The van der Waals surface area contributed by atoms with Gasteiger partial charge in [-0.2, -0.15) is 11.8 Å². The molecule has 6 nitrogen and oxygen atoms in total. The van der Waals surface area contributed by atoms with Crippen LogP contribution in [0.5, 0.6) is 0 Å².